The molecule has 0 amide bonds. The van der Waals surface area contributed by atoms with Crippen molar-refractivity contribution >= 4 is 5.82 Å². The third-order valence-corrected chi connectivity index (χ3v) is 3.84. The number of benzene rings is 1. The summed E-state index contributed by atoms with van der Waals surface area (Å²) < 4.78 is 39.8. The van der Waals surface area contributed by atoms with E-state index in [9.17, 15) is 13.2 Å². The smallest absolute Gasteiger partial charge is 0.363 e. The Kier molecular flexibility index (Phi) is 5.03. The van der Waals surface area contributed by atoms with Gasteiger partial charge in [-0.05, 0) is 36.8 Å². The van der Waals surface area contributed by atoms with Crippen molar-refractivity contribution in [3.63, 3.8) is 0 Å². The SMILES string of the molecule is CC(Nc1cc(C(F)(F)F)nc(-c2ccncc2)n1)c1cccc(C#N)c1. The fourth-order valence-corrected chi connectivity index (χ4v) is 2.48. The first-order chi connectivity index (χ1) is 12.9. The molecule has 5 nitrogen and oxygen atoms in total. The summed E-state index contributed by atoms with van der Waals surface area (Å²) in [5, 5.41) is 12.0. The van der Waals surface area contributed by atoms with Gasteiger partial charge in [-0.2, -0.15) is 18.4 Å². The second kappa shape index (κ2) is 7.41. The first-order valence-electron chi connectivity index (χ1n) is 8.00. The lowest BCUT2D eigenvalue weighted by Gasteiger charge is -2.17. The van der Waals surface area contributed by atoms with Gasteiger partial charge < -0.3 is 5.32 Å². The minimum Gasteiger partial charge on any atom is -0.363 e. The molecule has 136 valence electrons. The summed E-state index contributed by atoms with van der Waals surface area (Å²) in [5.41, 5.74) is 0.618. The van der Waals surface area contributed by atoms with Gasteiger partial charge in [-0.15, -0.1) is 0 Å². The summed E-state index contributed by atoms with van der Waals surface area (Å²) >= 11 is 0. The van der Waals surface area contributed by atoms with Gasteiger partial charge in [0.25, 0.3) is 0 Å². The predicted molar refractivity (Wildman–Crippen MR) is 93.5 cm³/mol. The number of halogens is 3. The maximum absolute atomic E-state index is 13.3. The van der Waals surface area contributed by atoms with Crippen LogP contribution in [0, 0.1) is 11.3 Å². The second-order valence-electron chi connectivity index (χ2n) is 5.80. The molecule has 0 saturated heterocycles. The van der Waals surface area contributed by atoms with E-state index in [1.807, 2.05) is 6.07 Å². The van der Waals surface area contributed by atoms with E-state index in [1.54, 1.807) is 43.3 Å². The molecular weight excluding hydrogens is 355 g/mol. The van der Waals surface area contributed by atoms with E-state index in [1.165, 1.54) is 12.4 Å². The predicted octanol–water partition coefficient (Wildman–Crippen LogP) is 4.60. The van der Waals surface area contributed by atoms with Gasteiger partial charge in [0.2, 0.25) is 0 Å². The highest BCUT2D eigenvalue weighted by atomic mass is 19.4. The van der Waals surface area contributed by atoms with E-state index in [0.29, 0.717) is 11.1 Å². The number of nitrogens with one attached hydrogen (secondary N) is 1. The zero-order valence-corrected chi connectivity index (χ0v) is 14.2. The highest BCUT2D eigenvalue weighted by molar-refractivity contribution is 5.57. The molecule has 1 aromatic carbocycles. The van der Waals surface area contributed by atoms with Gasteiger partial charge in [-0.1, -0.05) is 12.1 Å². The molecule has 1 unspecified atom stereocenters. The van der Waals surface area contributed by atoms with Crippen molar-refractivity contribution in [2.75, 3.05) is 5.32 Å². The molecule has 27 heavy (non-hydrogen) atoms. The fraction of sp³-hybridized carbons (Fsp3) is 0.158. The Balaban J connectivity index is 1.98. The molecule has 2 aromatic heterocycles. The number of rotatable bonds is 4. The molecule has 0 aliphatic heterocycles. The zero-order chi connectivity index (χ0) is 19.4. The van der Waals surface area contributed by atoms with Crippen molar-refractivity contribution in [2.24, 2.45) is 0 Å². The van der Waals surface area contributed by atoms with Gasteiger partial charge in [-0.25, -0.2) is 9.97 Å². The lowest BCUT2D eigenvalue weighted by atomic mass is 10.1. The maximum Gasteiger partial charge on any atom is 0.433 e. The average Bonchev–Trinajstić information content (AvgIpc) is 2.67. The Bertz CT molecular complexity index is 981. The Hall–Kier alpha value is -3.47. The van der Waals surface area contributed by atoms with Gasteiger partial charge in [-0.3, -0.25) is 4.98 Å². The first kappa shape index (κ1) is 18.3. The lowest BCUT2D eigenvalue weighted by molar-refractivity contribution is -0.141. The number of hydrogen-bond donors (Lipinski definition) is 1. The van der Waals surface area contributed by atoms with Gasteiger partial charge >= 0.3 is 6.18 Å². The number of anilines is 1. The number of pyridine rings is 1. The molecule has 0 radical (unpaired) electrons. The Morgan fingerprint density at radius 1 is 1.07 bits per heavy atom. The summed E-state index contributed by atoms with van der Waals surface area (Å²) in [5.74, 6) is -0.00769. The van der Waals surface area contributed by atoms with Crippen molar-refractivity contribution in [3.05, 3.63) is 71.7 Å². The minimum atomic E-state index is -4.61. The van der Waals surface area contributed by atoms with Crippen molar-refractivity contribution in [1.82, 2.24) is 15.0 Å². The van der Waals surface area contributed by atoms with Crippen LogP contribution in [-0.2, 0) is 6.18 Å². The van der Waals surface area contributed by atoms with Gasteiger partial charge in [0.15, 0.2) is 11.5 Å². The quantitative estimate of drug-likeness (QED) is 0.727. The number of nitriles is 1. The third-order valence-electron chi connectivity index (χ3n) is 3.84. The molecule has 0 fully saturated rings. The van der Waals surface area contributed by atoms with E-state index in [4.69, 9.17) is 5.26 Å². The van der Waals surface area contributed by atoms with E-state index in [2.05, 4.69) is 20.3 Å². The van der Waals surface area contributed by atoms with Crippen LogP contribution < -0.4 is 5.32 Å². The first-order valence-corrected chi connectivity index (χ1v) is 8.00. The van der Waals surface area contributed by atoms with Gasteiger partial charge in [0.05, 0.1) is 11.6 Å². The zero-order valence-electron chi connectivity index (χ0n) is 14.2. The highest BCUT2D eigenvalue weighted by Crippen LogP contribution is 2.31. The normalized spacial score (nSPS) is 12.3. The largest absolute Gasteiger partial charge is 0.433 e. The molecule has 1 N–H and O–H groups in total. The summed E-state index contributed by atoms with van der Waals surface area (Å²) in [6, 6.07) is 12.5. The van der Waals surface area contributed by atoms with Crippen LogP contribution in [0.1, 0.15) is 29.8 Å². The molecule has 8 heteroatoms. The second-order valence-corrected chi connectivity index (χ2v) is 5.80. The molecule has 3 rings (SSSR count). The molecule has 0 bridgehead atoms. The van der Waals surface area contributed by atoms with Crippen LogP contribution in [0.25, 0.3) is 11.4 Å². The number of hydrogen-bond acceptors (Lipinski definition) is 5. The highest BCUT2D eigenvalue weighted by Gasteiger charge is 2.34. The molecular formula is C19H14F3N5. The van der Waals surface area contributed by atoms with Crippen molar-refractivity contribution in [1.29, 1.82) is 5.26 Å². The van der Waals surface area contributed by atoms with E-state index in [0.717, 1.165) is 11.6 Å². The van der Waals surface area contributed by atoms with Crippen molar-refractivity contribution in [3.8, 4) is 17.5 Å². The van der Waals surface area contributed by atoms with E-state index in [-0.39, 0.29) is 17.7 Å². The summed E-state index contributed by atoms with van der Waals surface area (Å²) in [4.78, 5) is 11.7. The monoisotopic (exact) mass is 369 g/mol. The van der Waals surface area contributed by atoms with Crippen LogP contribution in [0.4, 0.5) is 19.0 Å². The fourth-order valence-electron chi connectivity index (χ4n) is 2.48. The van der Waals surface area contributed by atoms with Crippen LogP contribution in [-0.4, -0.2) is 15.0 Å². The molecule has 0 aliphatic carbocycles. The topological polar surface area (TPSA) is 74.5 Å². The molecule has 3 aromatic rings. The molecule has 0 saturated carbocycles. The number of alkyl halides is 3. The number of aromatic nitrogens is 3. The van der Waals surface area contributed by atoms with Gasteiger partial charge in [0, 0.05) is 30.1 Å². The van der Waals surface area contributed by atoms with Crippen LogP contribution in [0.15, 0.2) is 54.9 Å². The Morgan fingerprint density at radius 2 is 1.81 bits per heavy atom. The van der Waals surface area contributed by atoms with Crippen molar-refractivity contribution < 1.29 is 13.2 Å². The molecule has 1 atom stereocenters. The van der Waals surface area contributed by atoms with Gasteiger partial charge in [0.1, 0.15) is 5.82 Å². The van der Waals surface area contributed by atoms with Crippen LogP contribution >= 0.6 is 0 Å². The third kappa shape index (κ3) is 4.39. The van der Waals surface area contributed by atoms with E-state index >= 15 is 0 Å². The average molecular weight is 369 g/mol. The Labute approximate surface area is 153 Å². The Morgan fingerprint density at radius 3 is 2.48 bits per heavy atom. The van der Waals surface area contributed by atoms with Crippen LogP contribution in [0.3, 0.4) is 0 Å². The minimum absolute atomic E-state index is 0.0407. The van der Waals surface area contributed by atoms with Crippen LogP contribution in [0.5, 0.6) is 0 Å². The van der Waals surface area contributed by atoms with Crippen LogP contribution in [0.2, 0.25) is 0 Å². The molecule has 2 heterocycles. The summed E-state index contributed by atoms with van der Waals surface area (Å²) in [7, 11) is 0. The maximum atomic E-state index is 13.3. The lowest BCUT2D eigenvalue weighted by Crippen LogP contribution is -2.14. The molecule has 0 aliphatic rings. The number of nitrogens with zero attached hydrogens (tertiary/aromatic N) is 4. The standard InChI is InChI=1S/C19H14F3N5/c1-12(15-4-2-3-13(9-15)11-23)25-17-10-16(19(20,21)22)26-18(27-17)14-5-7-24-8-6-14/h2-10,12H,1H3,(H,25,26,27). The summed E-state index contributed by atoms with van der Waals surface area (Å²) in [6.45, 7) is 1.78. The van der Waals surface area contributed by atoms with E-state index < -0.39 is 11.9 Å². The molecule has 0 spiro atoms. The summed E-state index contributed by atoms with van der Waals surface area (Å²) in [6.07, 6.45) is -1.69. The van der Waals surface area contributed by atoms with Crippen molar-refractivity contribution in [2.45, 2.75) is 19.1 Å².